The maximum absolute atomic E-state index is 11.4. The highest BCUT2D eigenvalue weighted by molar-refractivity contribution is 7.90. The normalized spacial score (nSPS) is 11.4. The van der Waals surface area contributed by atoms with Gasteiger partial charge in [0.15, 0.2) is 0 Å². The highest BCUT2D eigenvalue weighted by Crippen LogP contribution is 2.02. The van der Waals surface area contributed by atoms with Crippen molar-refractivity contribution in [2.24, 2.45) is 0 Å². The number of aromatic nitrogens is 2. The first-order chi connectivity index (χ1) is 7.44. The van der Waals surface area contributed by atoms with Gasteiger partial charge in [0.05, 0.1) is 18.9 Å². The number of carbonyl (C=O) groups is 1. The van der Waals surface area contributed by atoms with Gasteiger partial charge in [-0.25, -0.2) is 13.2 Å². The minimum Gasteiger partial charge on any atom is -0.461 e. The fraction of sp³-hybridized carbons (Fsp3) is 0.556. The molecule has 0 aliphatic carbocycles. The number of ether oxygens (including phenoxy) is 1. The van der Waals surface area contributed by atoms with Gasteiger partial charge in [-0.05, 0) is 13.0 Å². The monoisotopic (exact) mass is 246 g/mol. The minimum atomic E-state index is -3.07. The van der Waals surface area contributed by atoms with Crippen molar-refractivity contribution in [1.82, 2.24) is 9.78 Å². The number of esters is 1. The molecule has 0 unspecified atom stereocenters. The molecule has 0 spiro atoms. The van der Waals surface area contributed by atoms with Crippen LogP contribution in [0, 0.1) is 0 Å². The van der Waals surface area contributed by atoms with E-state index in [0.717, 1.165) is 6.26 Å². The van der Waals surface area contributed by atoms with Gasteiger partial charge in [-0.15, -0.1) is 0 Å². The molecular weight excluding hydrogens is 232 g/mol. The van der Waals surface area contributed by atoms with Crippen LogP contribution in [0.3, 0.4) is 0 Å². The van der Waals surface area contributed by atoms with Gasteiger partial charge in [0.1, 0.15) is 15.5 Å². The third-order valence-corrected chi connectivity index (χ3v) is 2.80. The molecule has 1 heterocycles. The highest BCUT2D eigenvalue weighted by Gasteiger charge is 2.14. The predicted octanol–water partition coefficient (Wildman–Crippen LogP) is 0.104. The average Bonchev–Trinajstić information content (AvgIpc) is 2.61. The lowest BCUT2D eigenvalue weighted by Crippen LogP contribution is -2.18. The standard InChI is InChI=1S/C9H14N2O4S/c1-3-15-9(12)8-4-5-10-11(8)6-7-16(2,13)14/h4-5H,3,6-7H2,1-2H3. The molecule has 6 nitrogen and oxygen atoms in total. The van der Waals surface area contributed by atoms with Crippen LogP contribution in [-0.2, 0) is 21.1 Å². The molecular formula is C9H14N2O4S. The van der Waals surface area contributed by atoms with E-state index in [9.17, 15) is 13.2 Å². The summed E-state index contributed by atoms with van der Waals surface area (Å²) in [6.45, 7) is 2.13. The fourth-order valence-corrected chi connectivity index (χ4v) is 1.65. The molecule has 0 amide bonds. The third-order valence-electron chi connectivity index (χ3n) is 1.87. The molecule has 0 aromatic carbocycles. The van der Waals surface area contributed by atoms with Gasteiger partial charge in [0.25, 0.3) is 0 Å². The lowest BCUT2D eigenvalue weighted by Gasteiger charge is -2.05. The van der Waals surface area contributed by atoms with Crippen molar-refractivity contribution < 1.29 is 17.9 Å². The van der Waals surface area contributed by atoms with Crippen LogP contribution in [0.15, 0.2) is 12.3 Å². The van der Waals surface area contributed by atoms with Gasteiger partial charge in [-0.3, -0.25) is 4.68 Å². The molecule has 0 saturated carbocycles. The number of sulfone groups is 1. The SMILES string of the molecule is CCOC(=O)c1ccnn1CCS(C)(=O)=O. The van der Waals surface area contributed by atoms with Gasteiger partial charge < -0.3 is 4.74 Å². The van der Waals surface area contributed by atoms with E-state index in [-0.39, 0.29) is 24.6 Å². The van der Waals surface area contributed by atoms with E-state index in [4.69, 9.17) is 4.74 Å². The van der Waals surface area contributed by atoms with E-state index >= 15 is 0 Å². The van der Waals surface area contributed by atoms with Gasteiger partial charge in [0.2, 0.25) is 0 Å². The molecule has 90 valence electrons. The topological polar surface area (TPSA) is 78.3 Å². The largest absolute Gasteiger partial charge is 0.461 e. The van der Waals surface area contributed by atoms with Crippen molar-refractivity contribution in [3.63, 3.8) is 0 Å². The van der Waals surface area contributed by atoms with Crippen LogP contribution >= 0.6 is 0 Å². The first-order valence-corrected chi connectivity index (χ1v) is 6.86. The third kappa shape index (κ3) is 3.65. The Morgan fingerprint density at radius 2 is 2.25 bits per heavy atom. The summed E-state index contributed by atoms with van der Waals surface area (Å²) in [5.41, 5.74) is 0.269. The fourth-order valence-electron chi connectivity index (χ4n) is 1.14. The number of aryl methyl sites for hydroxylation is 1. The zero-order valence-corrected chi connectivity index (χ0v) is 10.0. The zero-order chi connectivity index (χ0) is 12.2. The van der Waals surface area contributed by atoms with Gasteiger partial charge >= 0.3 is 5.97 Å². The van der Waals surface area contributed by atoms with Crippen molar-refractivity contribution in [3.05, 3.63) is 18.0 Å². The van der Waals surface area contributed by atoms with Gasteiger partial charge in [-0.1, -0.05) is 0 Å². The second-order valence-electron chi connectivity index (χ2n) is 3.29. The Bertz CT molecular complexity index is 464. The average molecular weight is 246 g/mol. The molecule has 0 aliphatic rings. The molecule has 0 atom stereocenters. The summed E-state index contributed by atoms with van der Waals surface area (Å²) < 4.78 is 28.1. The number of nitrogens with zero attached hydrogens (tertiary/aromatic N) is 2. The van der Waals surface area contributed by atoms with Crippen molar-refractivity contribution in [2.45, 2.75) is 13.5 Å². The Hall–Kier alpha value is -1.37. The lowest BCUT2D eigenvalue weighted by molar-refractivity contribution is 0.0512. The Balaban J connectivity index is 2.75. The van der Waals surface area contributed by atoms with Gasteiger partial charge in [0, 0.05) is 12.5 Å². The molecule has 16 heavy (non-hydrogen) atoms. The summed E-state index contributed by atoms with van der Waals surface area (Å²) in [6, 6.07) is 1.50. The van der Waals surface area contributed by atoms with E-state index in [2.05, 4.69) is 5.10 Å². The molecule has 0 radical (unpaired) electrons. The molecule has 0 aliphatic heterocycles. The maximum Gasteiger partial charge on any atom is 0.356 e. The molecule has 0 saturated heterocycles. The number of carbonyl (C=O) groups excluding carboxylic acids is 1. The summed E-state index contributed by atoms with van der Waals surface area (Å²) in [7, 11) is -3.07. The summed E-state index contributed by atoms with van der Waals surface area (Å²) in [6.07, 6.45) is 2.58. The minimum absolute atomic E-state index is 0.0545. The van der Waals surface area contributed by atoms with E-state index in [0.29, 0.717) is 0 Å². The molecule has 0 N–H and O–H groups in total. The van der Waals surface area contributed by atoms with Crippen molar-refractivity contribution in [3.8, 4) is 0 Å². The molecule has 0 bridgehead atoms. The first kappa shape index (κ1) is 12.7. The summed E-state index contributed by atoms with van der Waals surface area (Å²) >= 11 is 0. The zero-order valence-electron chi connectivity index (χ0n) is 9.21. The van der Waals surface area contributed by atoms with Crippen LogP contribution in [0.25, 0.3) is 0 Å². The smallest absolute Gasteiger partial charge is 0.356 e. The van der Waals surface area contributed by atoms with Gasteiger partial charge in [-0.2, -0.15) is 5.10 Å². The van der Waals surface area contributed by atoms with Crippen LogP contribution in [0.1, 0.15) is 17.4 Å². The van der Waals surface area contributed by atoms with Crippen molar-refractivity contribution >= 4 is 15.8 Å². The maximum atomic E-state index is 11.4. The summed E-state index contributed by atoms with van der Waals surface area (Å²) in [5, 5.41) is 3.87. The van der Waals surface area contributed by atoms with Crippen LogP contribution in [0.2, 0.25) is 0 Å². The van der Waals surface area contributed by atoms with Crippen LogP contribution in [-0.4, -0.2) is 42.8 Å². The quantitative estimate of drug-likeness (QED) is 0.689. The number of rotatable bonds is 5. The van der Waals surface area contributed by atoms with Crippen LogP contribution in [0.4, 0.5) is 0 Å². The van der Waals surface area contributed by atoms with Crippen molar-refractivity contribution in [2.75, 3.05) is 18.6 Å². The number of hydrogen-bond donors (Lipinski definition) is 0. The molecule has 1 aromatic heterocycles. The first-order valence-electron chi connectivity index (χ1n) is 4.80. The number of hydrogen-bond acceptors (Lipinski definition) is 5. The Labute approximate surface area is 94.1 Å². The second-order valence-corrected chi connectivity index (χ2v) is 5.55. The molecule has 0 fully saturated rings. The van der Waals surface area contributed by atoms with Crippen molar-refractivity contribution in [1.29, 1.82) is 0 Å². The molecule has 1 rings (SSSR count). The molecule has 1 aromatic rings. The Morgan fingerprint density at radius 3 is 2.81 bits per heavy atom. The summed E-state index contributed by atoms with van der Waals surface area (Å²) in [4.78, 5) is 11.4. The van der Waals surface area contributed by atoms with Crippen LogP contribution in [0.5, 0.6) is 0 Å². The van der Waals surface area contributed by atoms with E-state index < -0.39 is 15.8 Å². The Kier molecular flexibility index (Phi) is 4.05. The predicted molar refractivity (Wildman–Crippen MR) is 57.9 cm³/mol. The lowest BCUT2D eigenvalue weighted by atomic mass is 10.4. The van der Waals surface area contributed by atoms with E-state index in [1.54, 1.807) is 6.92 Å². The highest BCUT2D eigenvalue weighted by atomic mass is 32.2. The summed E-state index contributed by atoms with van der Waals surface area (Å²) in [5.74, 6) is -0.547. The second kappa shape index (κ2) is 5.11. The Morgan fingerprint density at radius 1 is 1.56 bits per heavy atom. The van der Waals surface area contributed by atoms with Crippen LogP contribution < -0.4 is 0 Å². The van der Waals surface area contributed by atoms with E-state index in [1.807, 2.05) is 0 Å². The molecule has 7 heteroatoms. The van der Waals surface area contributed by atoms with E-state index in [1.165, 1.54) is 16.9 Å².